The molecule has 0 saturated carbocycles. The Morgan fingerprint density at radius 3 is 0.812 bits per heavy atom. The molecular weight excluding hydrogens is 396 g/mol. The average molecular weight is 416 g/mol. The maximum Gasteiger partial charge on any atom is 0.239 e. The van der Waals surface area contributed by atoms with E-state index in [0.717, 1.165) is 0 Å². The van der Waals surface area contributed by atoms with Crippen molar-refractivity contribution in [3.8, 4) is 12.1 Å². The molecule has 0 aliphatic carbocycles. The second-order valence-corrected chi connectivity index (χ2v) is 7.22. The summed E-state index contributed by atoms with van der Waals surface area (Å²) in [5.41, 5.74) is -0.755. The van der Waals surface area contributed by atoms with Gasteiger partial charge in [0.1, 0.15) is 12.1 Å². The van der Waals surface area contributed by atoms with Crippen LogP contribution in [-0.4, -0.2) is 0 Å². The lowest BCUT2D eigenvalue weighted by atomic mass is 9.87. The third-order valence-electron chi connectivity index (χ3n) is 5.33. The van der Waals surface area contributed by atoms with E-state index >= 15 is 0 Å². The van der Waals surface area contributed by atoms with Gasteiger partial charge >= 0.3 is 0 Å². The van der Waals surface area contributed by atoms with Gasteiger partial charge in [0.15, 0.2) is 0 Å². The third kappa shape index (κ3) is 3.77. The quantitative estimate of drug-likeness (QED) is 0.279. The second kappa shape index (κ2) is 9.29. The maximum absolute atomic E-state index is 10.4. The highest BCUT2D eigenvalue weighted by Gasteiger charge is 2.44. The van der Waals surface area contributed by atoms with Crippen LogP contribution in [0.15, 0.2) is 121 Å². The molecule has 4 rings (SSSR count). The Morgan fingerprint density at radius 1 is 0.406 bits per heavy atom. The first-order valence-electron chi connectivity index (χ1n) is 10.2. The lowest BCUT2D eigenvalue weighted by Crippen LogP contribution is -2.37. The highest BCUT2D eigenvalue weighted by atomic mass is 17.2. The SMILES string of the molecule is N#CC(OOC(C#N)(c1ccccc1)c1ccccc1)(c1ccccc1)c1ccccc1. The third-order valence-corrected chi connectivity index (χ3v) is 5.33. The molecule has 4 nitrogen and oxygen atoms in total. The standard InChI is InChI=1S/C28H20N2O2/c29-21-27(23-13-5-1-6-14-23,24-15-7-2-8-16-24)31-32-28(22-30,25-17-9-3-10-18-25)26-19-11-4-12-20-26/h1-20H. The van der Waals surface area contributed by atoms with Crippen molar-refractivity contribution in [3.05, 3.63) is 144 Å². The van der Waals surface area contributed by atoms with Gasteiger partial charge in [-0.1, -0.05) is 121 Å². The zero-order chi connectivity index (χ0) is 22.3. The Balaban J connectivity index is 1.85. The van der Waals surface area contributed by atoms with Crippen LogP contribution in [0, 0.1) is 22.7 Å². The van der Waals surface area contributed by atoms with Crippen molar-refractivity contribution in [1.29, 1.82) is 10.5 Å². The molecule has 0 heterocycles. The van der Waals surface area contributed by atoms with Crippen LogP contribution in [0.3, 0.4) is 0 Å². The smallest absolute Gasteiger partial charge is 0.202 e. The Kier molecular flexibility index (Phi) is 6.10. The fraction of sp³-hybridized carbons (Fsp3) is 0.0714. The van der Waals surface area contributed by atoms with Gasteiger partial charge < -0.3 is 0 Å². The molecule has 0 N–H and O–H groups in total. The summed E-state index contributed by atoms with van der Waals surface area (Å²) >= 11 is 0. The molecule has 0 unspecified atom stereocenters. The van der Waals surface area contributed by atoms with E-state index in [2.05, 4.69) is 12.1 Å². The summed E-state index contributed by atoms with van der Waals surface area (Å²) in [5.74, 6) is 0. The summed E-state index contributed by atoms with van der Waals surface area (Å²) in [6.45, 7) is 0. The minimum Gasteiger partial charge on any atom is -0.202 e. The number of hydrogen-bond acceptors (Lipinski definition) is 4. The van der Waals surface area contributed by atoms with Gasteiger partial charge in [0.2, 0.25) is 11.2 Å². The maximum atomic E-state index is 10.4. The minimum atomic E-state index is -1.58. The first-order chi connectivity index (χ1) is 15.7. The molecule has 0 aliphatic rings. The Bertz CT molecular complexity index is 1050. The molecule has 0 aromatic heterocycles. The summed E-state index contributed by atoms with van der Waals surface area (Å²) in [6, 6.07) is 41.1. The summed E-state index contributed by atoms with van der Waals surface area (Å²) < 4.78 is 0. The molecule has 4 heteroatoms. The lowest BCUT2D eigenvalue weighted by molar-refractivity contribution is -0.380. The Hall–Kier alpha value is -4.22. The lowest BCUT2D eigenvalue weighted by Gasteiger charge is -2.32. The van der Waals surface area contributed by atoms with E-state index in [9.17, 15) is 10.5 Å². The highest BCUT2D eigenvalue weighted by molar-refractivity contribution is 5.44. The first-order valence-corrected chi connectivity index (χ1v) is 10.2. The molecule has 4 aromatic rings. The van der Waals surface area contributed by atoms with Crippen LogP contribution in [-0.2, 0) is 21.0 Å². The van der Waals surface area contributed by atoms with Gasteiger partial charge in [0, 0.05) is 22.3 Å². The fourth-order valence-corrected chi connectivity index (χ4v) is 3.64. The molecule has 32 heavy (non-hydrogen) atoms. The van der Waals surface area contributed by atoms with E-state index < -0.39 is 11.2 Å². The number of hydrogen-bond donors (Lipinski definition) is 0. The van der Waals surface area contributed by atoms with E-state index in [-0.39, 0.29) is 0 Å². The highest BCUT2D eigenvalue weighted by Crippen LogP contribution is 2.39. The predicted molar refractivity (Wildman–Crippen MR) is 121 cm³/mol. The number of nitrogens with zero attached hydrogens (tertiary/aromatic N) is 2. The van der Waals surface area contributed by atoms with Crippen molar-refractivity contribution >= 4 is 0 Å². The van der Waals surface area contributed by atoms with Crippen molar-refractivity contribution < 1.29 is 9.78 Å². The zero-order valence-electron chi connectivity index (χ0n) is 17.3. The van der Waals surface area contributed by atoms with Crippen molar-refractivity contribution in [2.45, 2.75) is 11.2 Å². The van der Waals surface area contributed by atoms with E-state index in [4.69, 9.17) is 9.78 Å². The van der Waals surface area contributed by atoms with Gasteiger partial charge in [-0.25, -0.2) is 9.78 Å². The molecule has 0 amide bonds. The molecule has 0 saturated heterocycles. The molecule has 0 bridgehead atoms. The van der Waals surface area contributed by atoms with E-state index in [1.165, 1.54) is 0 Å². The molecule has 0 fully saturated rings. The van der Waals surface area contributed by atoms with Crippen LogP contribution in [0.2, 0.25) is 0 Å². The number of rotatable bonds is 7. The van der Waals surface area contributed by atoms with Crippen LogP contribution < -0.4 is 0 Å². The minimum absolute atomic E-state index is 0.599. The topological polar surface area (TPSA) is 66.0 Å². The summed E-state index contributed by atoms with van der Waals surface area (Å²) in [5, 5.41) is 20.7. The van der Waals surface area contributed by atoms with Gasteiger partial charge in [-0.05, 0) is 0 Å². The van der Waals surface area contributed by atoms with Gasteiger partial charge in [0.25, 0.3) is 0 Å². The van der Waals surface area contributed by atoms with Crippen LogP contribution >= 0.6 is 0 Å². The molecule has 0 radical (unpaired) electrons. The second-order valence-electron chi connectivity index (χ2n) is 7.22. The van der Waals surface area contributed by atoms with Crippen molar-refractivity contribution in [2.75, 3.05) is 0 Å². The van der Waals surface area contributed by atoms with Crippen LogP contribution in [0.25, 0.3) is 0 Å². The average Bonchev–Trinajstić information content (AvgIpc) is 2.89. The van der Waals surface area contributed by atoms with Gasteiger partial charge in [-0.3, -0.25) is 0 Å². The largest absolute Gasteiger partial charge is 0.239 e. The molecule has 0 aliphatic heterocycles. The van der Waals surface area contributed by atoms with Crippen LogP contribution in [0.1, 0.15) is 22.3 Å². The van der Waals surface area contributed by atoms with E-state index in [0.29, 0.717) is 22.3 Å². The first kappa shape index (κ1) is 21.0. The molecular formula is C28H20N2O2. The number of benzene rings is 4. The molecule has 0 atom stereocenters. The summed E-state index contributed by atoms with van der Waals surface area (Å²) in [6.07, 6.45) is 0. The molecule has 4 aromatic carbocycles. The summed E-state index contributed by atoms with van der Waals surface area (Å²) in [7, 11) is 0. The van der Waals surface area contributed by atoms with Gasteiger partial charge in [0.05, 0.1) is 0 Å². The van der Waals surface area contributed by atoms with Gasteiger partial charge in [-0.2, -0.15) is 10.5 Å². The van der Waals surface area contributed by atoms with Crippen molar-refractivity contribution in [1.82, 2.24) is 0 Å². The Morgan fingerprint density at radius 2 is 0.625 bits per heavy atom. The van der Waals surface area contributed by atoms with Crippen molar-refractivity contribution in [3.63, 3.8) is 0 Å². The molecule has 154 valence electrons. The Labute approximate surface area is 187 Å². The van der Waals surface area contributed by atoms with Crippen molar-refractivity contribution in [2.24, 2.45) is 0 Å². The monoisotopic (exact) mass is 416 g/mol. The van der Waals surface area contributed by atoms with Gasteiger partial charge in [-0.15, -0.1) is 0 Å². The van der Waals surface area contributed by atoms with E-state index in [1.807, 2.05) is 72.8 Å². The van der Waals surface area contributed by atoms with Crippen LogP contribution in [0.4, 0.5) is 0 Å². The van der Waals surface area contributed by atoms with Crippen LogP contribution in [0.5, 0.6) is 0 Å². The predicted octanol–water partition coefficient (Wildman–Crippen LogP) is 5.87. The summed E-state index contributed by atoms with van der Waals surface area (Å²) in [4.78, 5) is 12.1. The number of nitriles is 2. The normalized spacial score (nSPS) is 11.3. The van der Waals surface area contributed by atoms with E-state index in [1.54, 1.807) is 48.5 Å². The zero-order valence-corrected chi connectivity index (χ0v) is 17.3. The molecule has 0 spiro atoms. The fourth-order valence-electron chi connectivity index (χ4n) is 3.64.